The first kappa shape index (κ1) is 21.8. The van der Waals surface area contributed by atoms with Crippen LogP contribution < -0.4 is 14.8 Å². The number of hydrogen-bond donors (Lipinski definition) is 1. The molecule has 11 heteroatoms. The summed E-state index contributed by atoms with van der Waals surface area (Å²) in [7, 11) is -2.02. The number of nitrogens with zero attached hydrogens (tertiary/aromatic N) is 2. The molecule has 0 atom stereocenters. The number of sulfonamides is 1. The van der Waals surface area contributed by atoms with Gasteiger partial charge in [0, 0.05) is 10.6 Å². The van der Waals surface area contributed by atoms with Crippen LogP contribution in [0.15, 0.2) is 46.4 Å². The van der Waals surface area contributed by atoms with Crippen LogP contribution in [0.2, 0.25) is 5.02 Å². The number of thiophene rings is 1. The van der Waals surface area contributed by atoms with Gasteiger partial charge in [-0.3, -0.25) is 9.69 Å². The maximum Gasteiger partial charge on any atom is 0.283 e. The number of ether oxygens (including phenoxy) is 1. The number of halogens is 1. The summed E-state index contributed by atoms with van der Waals surface area (Å²) in [6.07, 6.45) is 2.07. The lowest BCUT2D eigenvalue weighted by Gasteiger charge is -2.18. The molecule has 1 aromatic carbocycles. The number of aliphatic imine (C=N–C) groups is 1. The van der Waals surface area contributed by atoms with E-state index >= 15 is 0 Å². The Morgan fingerprint density at radius 2 is 2.17 bits per heavy atom. The van der Waals surface area contributed by atoms with Crippen LogP contribution in [0.1, 0.15) is 11.3 Å². The van der Waals surface area contributed by atoms with Crippen LogP contribution in [0.3, 0.4) is 0 Å². The van der Waals surface area contributed by atoms with E-state index in [2.05, 4.69) is 4.99 Å². The van der Waals surface area contributed by atoms with E-state index in [1.807, 2.05) is 17.5 Å². The molecule has 1 aliphatic heterocycles. The standard InChI is InChI=1S/C18H18ClN3O4S3/c1-26-16-6-5-12(10-14(16)19)22-17(23)15(11-13-4-2-7-27-13)21-18(22)28-8-3-9-29(20,24)25/h2,4-7,10-11H,3,8-9H2,1H3,(H2,20,24,25)/b15-11-. The molecule has 3 rings (SSSR count). The number of hydrogen-bond acceptors (Lipinski definition) is 7. The van der Waals surface area contributed by atoms with Crippen molar-refractivity contribution in [2.75, 3.05) is 23.5 Å². The van der Waals surface area contributed by atoms with Crippen LogP contribution in [0.25, 0.3) is 6.08 Å². The molecule has 0 bridgehead atoms. The zero-order valence-corrected chi connectivity index (χ0v) is 18.6. The average Bonchev–Trinajstić information content (AvgIpc) is 3.27. The fourth-order valence-electron chi connectivity index (χ4n) is 2.55. The zero-order valence-electron chi connectivity index (χ0n) is 15.4. The van der Waals surface area contributed by atoms with Gasteiger partial charge in [-0.25, -0.2) is 18.5 Å². The van der Waals surface area contributed by atoms with E-state index in [9.17, 15) is 13.2 Å². The van der Waals surface area contributed by atoms with Gasteiger partial charge in [0.2, 0.25) is 10.0 Å². The van der Waals surface area contributed by atoms with Gasteiger partial charge >= 0.3 is 0 Å². The van der Waals surface area contributed by atoms with Crippen LogP contribution >= 0.6 is 34.7 Å². The fraction of sp³-hybridized carbons (Fsp3) is 0.222. The largest absolute Gasteiger partial charge is 0.495 e. The van der Waals surface area contributed by atoms with E-state index in [1.54, 1.807) is 24.3 Å². The minimum Gasteiger partial charge on any atom is -0.495 e. The third-order valence-electron chi connectivity index (χ3n) is 3.85. The van der Waals surface area contributed by atoms with Gasteiger partial charge < -0.3 is 4.74 Å². The highest BCUT2D eigenvalue weighted by molar-refractivity contribution is 8.14. The van der Waals surface area contributed by atoms with Crippen LogP contribution in [0.5, 0.6) is 5.75 Å². The molecule has 2 heterocycles. The molecule has 0 saturated carbocycles. The molecule has 0 spiro atoms. The second-order valence-electron chi connectivity index (χ2n) is 5.97. The average molecular weight is 472 g/mol. The number of nitrogens with two attached hydrogens (primary N) is 1. The number of carbonyl (C=O) groups is 1. The SMILES string of the molecule is COc1ccc(N2C(=O)/C(=C/c3cccs3)N=C2SCCCS(N)(=O)=O)cc1Cl. The monoisotopic (exact) mass is 471 g/mol. The number of primary sulfonamides is 1. The van der Waals surface area contributed by atoms with E-state index in [0.717, 1.165) is 4.88 Å². The summed E-state index contributed by atoms with van der Waals surface area (Å²) in [5.41, 5.74) is 0.849. The van der Waals surface area contributed by atoms with Gasteiger partial charge in [-0.1, -0.05) is 29.4 Å². The van der Waals surface area contributed by atoms with Crippen molar-refractivity contribution in [1.82, 2.24) is 0 Å². The lowest BCUT2D eigenvalue weighted by Crippen LogP contribution is -2.30. The summed E-state index contributed by atoms with van der Waals surface area (Å²) in [6, 6.07) is 8.82. The third kappa shape index (κ3) is 5.61. The highest BCUT2D eigenvalue weighted by atomic mass is 35.5. The van der Waals surface area contributed by atoms with E-state index < -0.39 is 10.0 Å². The van der Waals surface area contributed by atoms with Crippen molar-refractivity contribution in [1.29, 1.82) is 0 Å². The molecule has 7 nitrogen and oxygen atoms in total. The summed E-state index contributed by atoms with van der Waals surface area (Å²) in [5.74, 6) is 0.521. The molecule has 0 saturated heterocycles. The molecule has 2 N–H and O–H groups in total. The van der Waals surface area contributed by atoms with Crippen molar-refractivity contribution in [3.05, 3.63) is 51.3 Å². The Labute approximate surface area is 182 Å². The first-order valence-corrected chi connectivity index (χ1v) is 12.4. The number of benzene rings is 1. The molecule has 0 unspecified atom stereocenters. The molecule has 0 aliphatic carbocycles. The number of anilines is 1. The Morgan fingerprint density at radius 1 is 1.38 bits per heavy atom. The van der Waals surface area contributed by atoms with E-state index in [-0.39, 0.29) is 11.7 Å². The molecular weight excluding hydrogens is 454 g/mol. The Balaban J connectivity index is 1.88. The van der Waals surface area contributed by atoms with Crippen molar-refractivity contribution in [3.63, 3.8) is 0 Å². The smallest absolute Gasteiger partial charge is 0.283 e. The second kappa shape index (κ2) is 9.31. The third-order valence-corrected chi connectivity index (χ3v) is 6.85. The molecule has 1 aromatic heterocycles. The molecule has 1 amide bonds. The predicted octanol–water partition coefficient (Wildman–Crippen LogP) is 3.57. The second-order valence-corrected chi connectivity index (χ2v) is 10.2. The number of amidine groups is 1. The maximum atomic E-state index is 13.0. The van der Waals surface area contributed by atoms with E-state index in [1.165, 1.54) is 35.1 Å². The van der Waals surface area contributed by atoms with E-state index in [4.69, 9.17) is 21.5 Å². The molecule has 2 aromatic rings. The van der Waals surface area contributed by atoms with Crippen LogP contribution in [0, 0.1) is 0 Å². The predicted molar refractivity (Wildman–Crippen MR) is 120 cm³/mol. The minimum atomic E-state index is -3.53. The fourth-order valence-corrected chi connectivity index (χ4v) is 5.13. The van der Waals surface area contributed by atoms with Crippen molar-refractivity contribution in [3.8, 4) is 5.75 Å². The van der Waals surface area contributed by atoms with Crippen molar-refractivity contribution >= 4 is 67.6 Å². The summed E-state index contributed by atoms with van der Waals surface area (Å²) < 4.78 is 27.4. The Morgan fingerprint density at radius 3 is 2.79 bits per heavy atom. The summed E-state index contributed by atoms with van der Waals surface area (Å²) in [4.78, 5) is 19.9. The normalized spacial score (nSPS) is 15.8. The minimum absolute atomic E-state index is 0.131. The van der Waals surface area contributed by atoms with Crippen molar-refractivity contribution in [2.24, 2.45) is 10.1 Å². The van der Waals surface area contributed by atoms with E-state index in [0.29, 0.717) is 39.5 Å². The van der Waals surface area contributed by atoms with Gasteiger partial charge in [0.1, 0.15) is 11.4 Å². The van der Waals surface area contributed by atoms with Gasteiger partial charge in [-0.15, -0.1) is 11.3 Å². The molecular formula is C18H18ClN3O4S3. The lowest BCUT2D eigenvalue weighted by molar-refractivity contribution is -0.113. The zero-order chi connectivity index (χ0) is 21.0. The number of thioether (sulfide) groups is 1. The maximum absolute atomic E-state index is 13.0. The molecule has 154 valence electrons. The summed E-state index contributed by atoms with van der Waals surface area (Å²) in [5, 5.41) is 7.78. The van der Waals surface area contributed by atoms with Gasteiger partial charge in [-0.05, 0) is 42.1 Å². The molecule has 0 fully saturated rings. The highest BCUT2D eigenvalue weighted by Gasteiger charge is 2.32. The Kier molecular flexibility index (Phi) is 7.01. The topological polar surface area (TPSA) is 102 Å². The van der Waals surface area contributed by atoms with Gasteiger partial charge in [0.25, 0.3) is 5.91 Å². The summed E-state index contributed by atoms with van der Waals surface area (Å²) >= 11 is 9.02. The number of methoxy groups -OCH3 is 1. The van der Waals surface area contributed by atoms with Crippen molar-refractivity contribution < 1.29 is 17.9 Å². The van der Waals surface area contributed by atoms with Gasteiger partial charge in [0.05, 0.1) is 23.6 Å². The van der Waals surface area contributed by atoms with Crippen molar-refractivity contribution in [2.45, 2.75) is 6.42 Å². The van der Waals surface area contributed by atoms with Crippen LogP contribution in [-0.2, 0) is 14.8 Å². The van der Waals surface area contributed by atoms with Crippen LogP contribution in [-0.4, -0.2) is 38.1 Å². The number of carbonyl (C=O) groups excluding carboxylic acids is 1. The lowest BCUT2D eigenvalue weighted by atomic mass is 10.2. The first-order chi connectivity index (χ1) is 13.8. The van der Waals surface area contributed by atoms with Gasteiger partial charge in [0.15, 0.2) is 5.17 Å². The summed E-state index contributed by atoms with van der Waals surface area (Å²) in [6.45, 7) is 0. The molecule has 0 radical (unpaired) electrons. The quantitative estimate of drug-likeness (QED) is 0.491. The Bertz CT molecular complexity index is 1070. The van der Waals surface area contributed by atoms with Gasteiger partial charge in [-0.2, -0.15) is 0 Å². The number of rotatable bonds is 7. The Hall–Kier alpha value is -1.85. The number of amides is 1. The van der Waals surface area contributed by atoms with Crippen LogP contribution in [0.4, 0.5) is 5.69 Å². The molecule has 29 heavy (non-hydrogen) atoms. The molecule has 1 aliphatic rings. The highest BCUT2D eigenvalue weighted by Crippen LogP contribution is 2.34. The first-order valence-electron chi connectivity index (χ1n) is 8.43.